The van der Waals surface area contributed by atoms with Crippen molar-refractivity contribution >= 4 is 31.6 Å². The molecule has 0 N–H and O–H groups in total. The third-order valence-electron chi connectivity index (χ3n) is 0.0894. The standard InChI is InChI=1S/CH2N2S2/c4-2-1-3-5/h4-5H. The largest absolute Gasteiger partial charge is 0.156 e. The van der Waals surface area contributed by atoms with Crippen LogP contribution in [-0.2, 0) is 0 Å². The Kier molecular flexibility index (Phi) is 4.15. The molecule has 4 heteroatoms. The third kappa shape index (κ3) is 4.08. The average molecular weight is 106 g/mol. The van der Waals surface area contributed by atoms with Crippen molar-refractivity contribution < 1.29 is 0 Å². The Balaban J connectivity index is 3.26. The number of rotatable bonds is 0. The second-order valence-corrected chi connectivity index (χ2v) is 0.700. The van der Waals surface area contributed by atoms with Gasteiger partial charge in [-0.1, -0.05) is 0 Å². The van der Waals surface area contributed by atoms with Crippen LogP contribution in [0.2, 0.25) is 0 Å². The highest BCUT2D eigenvalue weighted by Gasteiger charge is 1.36. The van der Waals surface area contributed by atoms with E-state index in [4.69, 9.17) is 0 Å². The van der Waals surface area contributed by atoms with E-state index in [1.165, 1.54) is 0 Å². The maximum absolute atomic E-state index is 3.37. The first kappa shape index (κ1) is 5.08. The Morgan fingerprint density at radius 2 is 1.60 bits per heavy atom. The van der Waals surface area contributed by atoms with Gasteiger partial charge in [0.2, 0.25) is 0 Å². The summed E-state index contributed by atoms with van der Waals surface area (Å²) in [6.07, 6.45) is 0. The van der Waals surface area contributed by atoms with Crippen LogP contribution in [0.5, 0.6) is 0 Å². The fourth-order valence-electron chi connectivity index (χ4n) is 0.0200. The van der Waals surface area contributed by atoms with Crippen molar-refractivity contribution in [2.45, 2.75) is 0 Å². The summed E-state index contributed by atoms with van der Waals surface area (Å²) < 4.78 is 6.11. The van der Waals surface area contributed by atoms with Gasteiger partial charge in [-0.15, -0.1) is 0 Å². The molecule has 2 nitrogen and oxygen atoms in total. The number of hydrogen-bond acceptors (Lipinski definition) is 4. The molecule has 0 heterocycles. The molecular formula is CH2N2S2. The van der Waals surface area contributed by atoms with E-state index < -0.39 is 0 Å². The lowest BCUT2D eigenvalue weighted by Crippen LogP contribution is -1.30. The molecule has 0 radical (unpaired) electrons. The Morgan fingerprint density at radius 1 is 1.20 bits per heavy atom. The molecule has 0 saturated carbocycles. The molecule has 0 aromatic rings. The topological polar surface area (TPSA) is 24.7 Å². The summed E-state index contributed by atoms with van der Waals surface area (Å²) in [5, 5.41) is 0. The minimum absolute atomic E-state index is 2.09. The summed E-state index contributed by atoms with van der Waals surface area (Å²) in [6.45, 7) is 0. The molecule has 28 valence electrons. The van der Waals surface area contributed by atoms with Gasteiger partial charge in [0.25, 0.3) is 0 Å². The van der Waals surface area contributed by atoms with Crippen LogP contribution in [-0.4, -0.2) is 6.01 Å². The predicted molar refractivity (Wildman–Crippen MR) is 27.8 cm³/mol. The second kappa shape index (κ2) is 4.08. The van der Waals surface area contributed by atoms with Crippen LogP contribution in [0.4, 0.5) is 0 Å². The molecule has 0 aromatic heterocycles. The lowest BCUT2D eigenvalue weighted by atomic mass is 11.6. The number of thiol groups is 2. The van der Waals surface area contributed by atoms with E-state index >= 15 is 0 Å². The van der Waals surface area contributed by atoms with Gasteiger partial charge < -0.3 is 0 Å². The van der Waals surface area contributed by atoms with Gasteiger partial charge in [-0.25, -0.2) is 0 Å². The van der Waals surface area contributed by atoms with Gasteiger partial charge in [0.15, 0.2) is 0 Å². The van der Waals surface area contributed by atoms with Crippen molar-refractivity contribution in [1.29, 1.82) is 0 Å². The van der Waals surface area contributed by atoms with Gasteiger partial charge in [-0.3, -0.25) is 0 Å². The predicted octanol–water partition coefficient (Wildman–Crippen LogP) is 0.850. The maximum atomic E-state index is 3.37. The molecule has 0 saturated heterocycles. The van der Waals surface area contributed by atoms with E-state index in [0.717, 1.165) is 0 Å². The van der Waals surface area contributed by atoms with Gasteiger partial charge in [0.1, 0.15) is 6.01 Å². The Hall–Kier alpha value is 0.0800. The zero-order valence-corrected chi connectivity index (χ0v) is 4.08. The van der Waals surface area contributed by atoms with Gasteiger partial charge >= 0.3 is 0 Å². The molecule has 0 aliphatic carbocycles. The quantitative estimate of drug-likeness (QED) is 0.338. The van der Waals surface area contributed by atoms with Crippen molar-refractivity contribution in [2.24, 2.45) is 8.80 Å². The monoisotopic (exact) mass is 106 g/mol. The van der Waals surface area contributed by atoms with Crippen molar-refractivity contribution in [1.82, 2.24) is 0 Å². The molecule has 5 heavy (non-hydrogen) atoms. The molecule has 0 rings (SSSR count). The molecule has 0 fully saturated rings. The van der Waals surface area contributed by atoms with Crippen molar-refractivity contribution in [2.75, 3.05) is 0 Å². The Bertz CT molecular complexity index is 56.0. The molecular weight excluding hydrogens is 104 g/mol. The van der Waals surface area contributed by atoms with Crippen LogP contribution in [0.15, 0.2) is 8.80 Å². The van der Waals surface area contributed by atoms with Crippen LogP contribution in [0.25, 0.3) is 0 Å². The van der Waals surface area contributed by atoms with E-state index in [1.807, 2.05) is 0 Å². The number of hydrogen-bond donors (Lipinski definition) is 2. The van der Waals surface area contributed by atoms with Crippen LogP contribution >= 0.6 is 25.6 Å². The summed E-state index contributed by atoms with van der Waals surface area (Å²) in [4.78, 5) is 0. The zero-order valence-electron chi connectivity index (χ0n) is 2.29. The second-order valence-electron chi connectivity index (χ2n) is 0.300. The van der Waals surface area contributed by atoms with E-state index in [1.54, 1.807) is 0 Å². The highest BCUT2D eigenvalue weighted by atomic mass is 32.1. The first-order valence-corrected chi connectivity index (χ1v) is 1.65. The zero-order chi connectivity index (χ0) is 4.12. The van der Waals surface area contributed by atoms with E-state index in [9.17, 15) is 0 Å². The van der Waals surface area contributed by atoms with Crippen LogP contribution < -0.4 is 0 Å². The summed E-state index contributed by atoms with van der Waals surface area (Å²) in [5.41, 5.74) is 0. The van der Waals surface area contributed by atoms with Crippen molar-refractivity contribution in [3.05, 3.63) is 0 Å². The normalized spacial score (nSPS) is 5.20. The SMILES string of the molecule is SN=C=NS. The molecule has 0 atom stereocenters. The van der Waals surface area contributed by atoms with Gasteiger partial charge in [-0.05, 0) is 25.6 Å². The molecule has 0 amide bonds. The third-order valence-corrected chi connectivity index (χ3v) is 0.268. The Morgan fingerprint density at radius 3 is 1.60 bits per heavy atom. The fraction of sp³-hybridized carbons (Fsp3) is 0. The average Bonchev–Trinajstić information content (AvgIpc) is 1.41. The summed E-state index contributed by atoms with van der Waals surface area (Å²) in [6, 6.07) is 2.09. The smallest absolute Gasteiger partial charge is 0.114 e. The van der Waals surface area contributed by atoms with Crippen LogP contribution in [0.1, 0.15) is 0 Å². The minimum Gasteiger partial charge on any atom is -0.156 e. The molecule has 0 spiro atoms. The summed E-state index contributed by atoms with van der Waals surface area (Å²) >= 11 is 6.74. The van der Waals surface area contributed by atoms with Gasteiger partial charge in [0, 0.05) is 0 Å². The molecule has 0 aromatic carbocycles. The van der Waals surface area contributed by atoms with Gasteiger partial charge in [0.05, 0.1) is 0 Å². The van der Waals surface area contributed by atoms with E-state index in [2.05, 4.69) is 40.4 Å². The number of nitrogens with zero attached hydrogens (tertiary/aromatic N) is 2. The van der Waals surface area contributed by atoms with E-state index in [-0.39, 0.29) is 0 Å². The van der Waals surface area contributed by atoms with Crippen LogP contribution in [0.3, 0.4) is 0 Å². The molecule has 0 aliphatic rings. The maximum Gasteiger partial charge on any atom is 0.114 e. The van der Waals surface area contributed by atoms with Crippen molar-refractivity contribution in [3.63, 3.8) is 0 Å². The molecule has 0 unspecified atom stereocenters. The molecule has 0 aliphatic heterocycles. The fourth-order valence-corrected chi connectivity index (χ4v) is 0.180. The van der Waals surface area contributed by atoms with Crippen molar-refractivity contribution in [3.8, 4) is 0 Å². The Labute approximate surface area is 41.1 Å². The first-order valence-electron chi connectivity index (χ1n) is 0.847. The lowest BCUT2D eigenvalue weighted by Gasteiger charge is -1.48. The van der Waals surface area contributed by atoms with Gasteiger partial charge in [-0.2, -0.15) is 8.80 Å². The summed E-state index contributed by atoms with van der Waals surface area (Å²) in [5.74, 6) is 0. The van der Waals surface area contributed by atoms with E-state index in [0.29, 0.717) is 0 Å². The summed E-state index contributed by atoms with van der Waals surface area (Å²) in [7, 11) is 0. The minimum atomic E-state index is 2.09. The lowest BCUT2D eigenvalue weighted by molar-refractivity contribution is 1.93. The highest BCUT2D eigenvalue weighted by Crippen LogP contribution is 1.67. The molecule has 0 bridgehead atoms. The first-order chi connectivity index (χ1) is 2.41. The highest BCUT2D eigenvalue weighted by molar-refractivity contribution is 7.79. The van der Waals surface area contributed by atoms with Crippen LogP contribution in [0, 0.1) is 0 Å².